The molecule has 1 aliphatic heterocycles. The third-order valence-corrected chi connectivity index (χ3v) is 6.15. The van der Waals surface area contributed by atoms with Gasteiger partial charge < -0.3 is 15.1 Å². The monoisotopic (exact) mass is 404 g/mol. The largest absolute Gasteiger partial charge is 0.359 e. The first-order chi connectivity index (χ1) is 13.2. The van der Waals surface area contributed by atoms with Crippen LogP contribution in [-0.2, 0) is 4.79 Å². The van der Waals surface area contributed by atoms with Crippen molar-refractivity contribution in [2.75, 3.05) is 49.9 Å². The van der Waals surface area contributed by atoms with Gasteiger partial charge in [-0.1, -0.05) is 41.9 Å². The number of piperazine rings is 1. The van der Waals surface area contributed by atoms with Crippen molar-refractivity contribution in [1.82, 2.24) is 5.32 Å². The predicted octanol–water partition coefficient (Wildman–Crippen LogP) is 2.34. The molecule has 1 fully saturated rings. The second kappa shape index (κ2) is 10.6. The third-order valence-electron chi connectivity index (χ3n) is 4.73. The Morgan fingerprint density at radius 3 is 2.52 bits per heavy atom. The molecule has 0 aliphatic carbocycles. The normalized spacial score (nSPS) is 14.9. The van der Waals surface area contributed by atoms with Gasteiger partial charge in [0.05, 0.1) is 36.9 Å². The molecule has 2 aromatic rings. The molecule has 0 aromatic heterocycles. The highest BCUT2D eigenvalue weighted by Crippen LogP contribution is 2.24. The van der Waals surface area contributed by atoms with Gasteiger partial charge in [-0.3, -0.25) is 4.79 Å². The number of rotatable bonds is 8. The van der Waals surface area contributed by atoms with Gasteiger partial charge in [0.25, 0.3) is 5.91 Å². The molecule has 2 N–H and O–H groups in total. The smallest absolute Gasteiger partial charge is 0.275 e. The molecule has 0 atom stereocenters. The van der Waals surface area contributed by atoms with E-state index in [1.54, 1.807) is 0 Å². The minimum absolute atomic E-state index is 0.154. The van der Waals surface area contributed by atoms with Crippen LogP contribution >= 0.6 is 23.4 Å². The Kier molecular flexibility index (Phi) is 7.87. The summed E-state index contributed by atoms with van der Waals surface area (Å²) in [5.41, 5.74) is 1.10. The van der Waals surface area contributed by atoms with Crippen LogP contribution in [-0.4, -0.2) is 50.9 Å². The Hall–Kier alpha value is -1.69. The molecule has 2 aromatic carbocycles. The van der Waals surface area contributed by atoms with Gasteiger partial charge in [0.2, 0.25) is 0 Å². The standard InChI is InChI=1S/C21H26ClN3OS/c22-19-9-4-5-10-20(19)25-14-12-24(13-15-25)17-21(26)23-11-6-16-27-18-7-2-1-3-8-18/h1-5,7-10H,6,11-17H2,(H,23,26)/p+1. The summed E-state index contributed by atoms with van der Waals surface area (Å²) in [5.74, 6) is 1.18. The third kappa shape index (κ3) is 6.45. The summed E-state index contributed by atoms with van der Waals surface area (Å²) in [4.78, 5) is 17.1. The van der Waals surface area contributed by atoms with Gasteiger partial charge in [0.15, 0.2) is 6.54 Å². The van der Waals surface area contributed by atoms with Crippen LogP contribution in [0.4, 0.5) is 5.69 Å². The fraction of sp³-hybridized carbons (Fsp3) is 0.381. The lowest BCUT2D eigenvalue weighted by Gasteiger charge is -2.33. The fourth-order valence-corrected chi connectivity index (χ4v) is 4.37. The van der Waals surface area contributed by atoms with Crippen molar-refractivity contribution < 1.29 is 9.69 Å². The number of amides is 1. The second-order valence-corrected chi connectivity index (χ2v) is 8.31. The number of nitrogens with zero attached hydrogens (tertiary/aromatic N) is 1. The van der Waals surface area contributed by atoms with Crippen LogP contribution < -0.4 is 15.1 Å². The lowest BCUT2D eigenvalue weighted by atomic mass is 10.2. The summed E-state index contributed by atoms with van der Waals surface area (Å²) >= 11 is 8.12. The van der Waals surface area contributed by atoms with E-state index in [1.807, 2.05) is 36.0 Å². The summed E-state index contributed by atoms with van der Waals surface area (Å²) in [7, 11) is 0. The highest BCUT2D eigenvalue weighted by molar-refractivity contribution is 7.99. The molecule has 0 saturated carbocycles. The maximum absolute atomic E-state index is 12.2. The number of hydrogen-bond donors (Lipinski definition) is 2. The first kappa shape index (κ1) is 20.1. The van der Waals surface area contributed by atoms with Crippen molar-refractivity contribution in [3.63, 3.8) is 0 Å². The van der Waals surface area contributed by atoms with Gasteiger partial charge in [0.1, 0.15) is 0 Å². The quantitative estimate of drug-likeness (QED) is 0.523. The summed E-state index contributed by atoms with van der Waals surface area (Å²) in [5, 5.41) is 3.86. The number of benzene rings is 2. The minimum Gasteiger partial charge on any atom is -0.359 e. The van der Waals surface area contributed by atoms with Crippen LogP contribution in [0.25, 0.3) is 0 Å². The number of nitrogens with one attached hydrogen (secondary N) is 2. The Morgan fingerprint density at radius 1 is 1.07 bits per heavy atom. The van der Waals surface area contributed by atoms with Crippen molar-refractivity contribution >= 4 is 35.0 Å². The van der Waals surface area contributed by atoms with Gasteiger partial charge >= 0.3 is 0 Å². The summed E-state index contributed by atoms with van der Waals surface area (Å²) in [6.45, 7) is 5.09. The zero-order chi connectivity index (χ0) is 18.9. The average molecular weight is 405 g/mol. The zero-order valence-corrected chi connectivity index (χ0v) is 17.1. The number of thioether (sulfide) groups is 1. The Morgan fingerprint density at radius 2 is 1.78 bits per heavy atom. The molecule has 3 rings (SSSR count). The number of hydrogen-bond acceptors (Lipinski definition) is 3. The maximum atomic E-state index is 12.2. The lowest BCUT2D eigenvalue weighted by molar-refractivity contribution is -0.892. The molecule has 6 heteroatoms. The Bertz CT molecular complexity index is 720. The van der Waals surface area contributed by atoms with Gasteiger partial charge in [-0.25, -0.2) is 0 Å². The van der Waals surface area contributed by atoms with E-state index in [-0.39, 0.29) is 5.91 Å². The van der Waals surface area contributed by atoms with Crippen LogP contribution in [0.1, 0.15) is 6.42 Å². The minimum atomic E-state index is 0.154. The molecule has 4 nitrogen and oxygen atoms in total. The van der Waals surface area contributed by atoms with Crippen LogP contribution in [0.3, 0.4) is 0 Å². The Balaban J connectivity index is 1.30. The number of quaternary nitrogens is 1. The number of anilines is 1. The summed E-state index contributed by atoms with van der Waals surface area (Å²) in [6, 6.07) is 18.3. The maximum Gasteiger partial charge on any atom is 0.275 e. The molecule has 0 unspecified atom stereocenters. The molecule has 1 amide bonds. The number of para-hydroxylation sites is 1. The topological polar surface area (TPSA) is 36.8 Å². The number of carbonyl (C=O) groups is 1. The second-order valence-electron chi connectivity index (χ2n) is 6.73. The van der Waals surface area contributed by atoms with Crippen LogP contribution in [0.2, 0.25) is 5.02 Å². The van der Waals surface area contributed by atoms with Crippen molar-refractivity contribution in [2.45, 2.75) is 11.3 Å². The van der Waals surface area contributed by atoms with E-state index in [0.29, 0.717) is 6.54 Å². The summed E-state index contributed by atoms with van der Waals surface area (Å²) in [6.07, 6.45) is 0.987. The molecular weight excluding hydrogens is 378 g/mol. The first-order valence-electron chi connectivity index (χ1n) is 9.50. The molecule has 144 valence electrons. The van der Waals surface area contributed by atoms with Gasteiger partial charge in [-0.05, 0) is 36.4 Å². The Labute approximate surface area is 170 Å². The number of carbonyl (C=O) groups excluding carboxylic acids is 1. The molecule has 0 spiro atoms. The van der Waals surface area contributed by atoms with E-state index in [1.165, 1.54) is 9.80 Å². The van der Waals surface area contributed by atoms with Crippen molar-refractivity contribution in [2.24, 2.45) is 0 Å². The number of halogens is 1. The van der Waals surface area contributed by atoms with Crippen molar-refractivity contribution in [1.29, 1.82) is 0 Å². The van der Waals surface area contributed by atoms with E-state index in [2.05, 4.69) is 40.5 Å². The van der Waals surface area contributed by atoms with E-state index in [9.17, 15) is 4.79 Å². The fourth-order valence-electron chi connectivity index (χ4n) is 3.25. The SMILES string of the molecule is O=C(C[NH+]1CCN(c2ccccc2Cl)CC1)NCCCSc1ccccc1. The average Bonchev–Trinajstić information content (AvgIpc) is 2.70. The lowest BCUT2D eigenvalue weighted by Crippen LogP contribution is -3.16. The van der Waals surface area contributed by atoms with E-state index >= 15 is 0 Å². The van der Waals surface area contributed by atoms with Gasteiger partial charge in [-0.15, -0.1) is 11.8 Å². The van der Waals surface area contributed by atoms with E-state index in [4.69, 9.17) is 11.6 Å². The van der Waals surface area contributed by atoms with Crippen LogP contribution in [0.15, 0.2) is 59.5 Å². The highest BCUT2D eigenvalue weighted by Gasteiger charge is 2.23. The predicted molar refractivity (Wildman–Crippen MR) is 114 cm³/mol. The van der Waals surface area contributed by atoms with Crippen molar-refractivity contribution in [3.8, 4) is 0 Å². The van der Waals surface area contributed by atoms with Gasteiger partial charge in [0, 0.05) is 11.4 Å². The molecule has 0 radical (unpaired) electrons. The van der Waals surface area contributed by atoms with E-state index in [0.717, 1.165) is 55.6 Å². The molecule has 1 heterocycles. The molecule has 0 bridgehead atoms. The first-order valence-corrected chi connectivity index (χ1v) is 10.9. The van der Waals surface area contributed by atoms with E-state index < -0.39 is 0 Å². The zero-order valence-electron chi connectivity index (χ0n) is 15.5. The molecule has 1 saturated heterocycles. The van der Waals surface area contributed by atoms with Crippen LogP contribution in [0, 0.1) is 0 Å². The molecule has 1 aliphatic rings. The molecular formula is C21H27ClN3OS+. The van der Waals surface area contributed by atoms with Crippen LogP contribution in [0.5, 0.6) is 0 Å². The van der Waals surface area contributed by atoms with Gasteiger partial charge in [-0.2, -0.15) is 0 Å². The molecule has 27 heavy (non-hydrogen) atoms. The highest BCUT2D eigenvalue weighted by atomic mass is 35.5. The van der Waals surface area contributed by atoms with Crippen molar-refractivity contribution in [3.05, 3.63) is 59.6 Å². The summed E-state index contributed by atoms with van der Waals surface area (Å²) < 4.78 is 0.